The van der Waals surface area contributed by atoms with E-state index in [0.717, 1.165) is 5.56 Å². The van der Waals surface area contributed by atoms with Crippen molar-refractivity contribution in [1.82, 2.24) is 5.32 Å². The van der Waals surface area contributed by atoms with Gasteiger partial charge >= 0.3 is 11.9 Å². The van der Waals surface area contributed by atoms with Crippen LogP contribution in [0, 0.1) is 0 Å². The van der Waals surface area contributed by atoms with Gasteiger partial charge in [0.1, 0.15) is 6.04 Å². The van der Waals surface area contributed by atoms with Crippen LogP contribution in [-0.2, 0) is 25.5 Å². The van der Waals surface area contributed by atoms with Crippen LogP contribution in [0.1, 0.15) is 24.8 Å². The lowest BCUT2D eigenvalue weighted by Crippen LogP contribution is -2.43. The van der Waals surface area contributed by atoms with Gasteiger partial charge in [0, 0.05) is 19.3 Å². The number of benzene rings is 1. The predicted molar refractivity (Wildman–Crippen MR) is 75.6 cm³/mol. The van der Waals surface area contributed by atoms with Gasteiger partial charge in [-0.2, -0.15) is 0 Å². The molecule has 6 nitrogen and oxygen atoms in total. The van der Waals surface area contributed by atoms with E-state index in [1.165, 1.54) is 7.11 Å². The number of amides is 1. The highest BCUT2D eigenvalue weighted by Crippen LogP contribution is 2.05. The average molecular weight is 293 g/mol. The molecule has 2 N–H and O–H groups in total. The number of carbonyl (C=O) groups excluding carboxylic acids is 2. The molecule has 1 aromatic carbocycles. The molecule has 21 heavy (non-hydrogen) atoms. The molecule has 0 aliphatic carbocycles. The molecule has 1 unspecified atom stereocenters. The van der Waals surface area contributed by atoms with Crippen LogP contribution in [0.15, 0.2) is 30.3 Å². The minimum Gasteiger partial charge on any atom is -0.481 e. The number of esters is 1. The normalized spacial score (nSPS) is 11.5. The van der Waals surface area contributed by atoms with Crippen LogP contribution in [0.25, 0.3) is 0 Å². The fourth-order valence-electron chi connectivity index (χ4n) is 1.85. The van der Waals surface area contributed by atoms with Gasteiger partial charge in [0.2, 0.25) is 5.91 Å². The highest BCUT2D eigenvalue weighted by molar-refractivity contribution is 5.84. The van der Waals surface area contributed by atoms with Gasteiger partial charge in [-0.3, -0.25) is 9.59 Å². The minimum absolute atomic E-state index is 0.0641. The third kappa shape index (κ3) is 6.56. The number of hydrogen-bond acceptors (Lipinski definition) is 4. The molecule has 1 aromatic rings. The van der Waals surface area contributed by atoms with Gasteiger partial charge in [-0.05, 0) is 12.0 Å². The van der Waals surface area contributed by atoms with Crippen molar-refractivity contribution in [2.24, 2.45) is 0 Å². The molecule has 0 spiro atoms. The Kier molecular flexibility index (Phi) is 6.94. The van der Waals surface area contributed by atoms with E-state index in [9.17, 15) is 14.4 Å². The highest BCUT2D eigenvalue weighted by atomic mass is 16.5. The fraction of sp³-hybridized carbons (Fsp3) is 0.400. The molecule has 1 rings (SSSR count). The van der Waals surface area contributed by atoms with E-state index in [1.807, 2.05) is 30.3 Å². The Bertz CT molecular complexity index is 486. The maximum absolute atomic E-state index is 11.7. The van der Waals surface area contributed by atoms with Crippen LogP contribution in [0.2, 0.25) is 0 Å². The Morgan fingerprint density at radius 2 is 1.86 bits per heavy atom. The van der Waals surface area contributed by atoms with Gasteiger partial charge in [0.15, 0.2) is 0 Å². The summed E-state index contributed by atoms with van der Waals surface area (Å²) in [7, 11) is 1.26. The van der Waals surface area contributed by atoms with Crippen molar-refractivity contribution < 1.29 is 24.2 Å². The molecule has 0 heterocycles. The second-order valence-electron chi connectivity index (χ2n) is 4.58. The fourth-order valence-corrected chi connectivity index (χ4v) is 1.85. The first-order valence-electron chi connectivity index (χ1n) is 6.66. The molecule has 0 saturated carbocycles. The number of carboxylic acid groups (broad SMARTS) is 1. The standard InChI is InChI=1S/C15H19NO5/c1-21-15(20)12(10-11-6-3-2-4-7-11)16-13(17)8-5-9-14(18)19/h2-4,6-7,12H,5,8-10H2,1H3,(H,16,17)(H,18,19). The summed E-state index contributed by atoms with van der Waals surface area (Å²) in [6.45, 7) is 0. The summed E-state index contributed by atoms with van der Waals surface area (Å²) in [6.07, 6.45) is 0.558. The number of nitrogens with one attached hydrogen (secondary N) is 1. The second kappa shape index (κ2) is 8.73. The van der Waals surface area contributed by atoms with Crippen LogP contribution < -0.4 is 5.32 Å². The number of aliphatic carboxylic acids is 1. The van der Waals surface area contributed by atoms with Crippen molar-refractivity contribution in [3.8, 4) is 0 Å². The van der Waals surface area contributed by atoms with Gasteiger partial charge in [0.25, 0.3) is 0 Å². The van der Waals surface area contributed by atoms with E-state index < -0.39 is 18.0 Å². The zero-order valence-electron chi connectivity index (χ0n) is 11.9. The van der Waals surface area contributed by atoms with E-state index in [0.29, 0.717) is 6.42 Å². The molecule has 114 valence electrons. The third-order valence-corrected chi connectivity index (χ3v) is 2.90. The van der Waals surface area contributed by atoms with Crippen LogP contribution in [-0.4, -0.2) is 36.1 Å². The molecule has 0 aliphatic heterocycles. The maximum atomic E-state index is 11.7. The van der Waals surface area contributed by atoms with Gasteiger partial charge in [-0.15, -0.1) is 0 Å². The summed E-state index contributed by atoms with van der Waals surface area (Å²) in [6, 6.07) is 8.49. The summed E-state index contributed by atoms with van der Waals surface area (Å²) in [5.74, 6) is -1.83. The quantitative estimate of drug-likeness (QED) is 0.701. The number of carboxylic acids is 1. The van der Waals surface area contributed by atoms with E-state index in [2.05, 4.69) is 10.1 Å². The summed E-state index contributed by atoms with van der Waals surface area (Å²) in [5.41, 5.74) is 0.902. The molecule has 0 aromatic heterocycles. The summed E-state index contributed by atoms with van der Waals surface area (Å²) >= 11 is 0. The number of rotatable bonds is 8. The first-order valence-corrected chi connectivity index (χ1v) is 6.66. The Hall–Kier alpha value is -2.37. The number of ether oxygens (including phenoxy) is 1. The SMILES string of the molecule is COC(=O)C(Cc1ccccc1)NC(=O)CCCC(=O)O. The molecule has 0 bridgehead atoms. The number of hydrogen-bond donors (Lipinski definition) is 2. The van der Waals surface area contributed by atoms with Crippen molar-refractivity contribution >= 4 is 17.8 Å². The molecule has 0 aliphatic rings. The lowest BCUT2D eigenvalue weighted by molar-refractivity contribution is -0.145. The molecule has 1 amide bonds. The van der Waals surface area contributed by atoms with Crippen molar-refractivity contribution in [3.05, 3.63) is 35.9 Å². The van der Waals surface area contributed by atoms with Crippen LogP contribution in [0.3, 0.4) is 0 Å². The van der Waals surface area contributed by atoms with E-state index in [-0.39, 0.29) is 25.2 Å². The lowest BCUT2D eigenvalue weighted by atomic mass is 10.1. The smallest absolute Gasteiger partial charge is 0.328 e. The summed E-state index contributed by atoms with van der Waals surface area (Å²) in [4.78, 5) is 33.8. The average Bonchev–Trinajstić information content (AvgIpc) is 2.46. The Morgan fingerprint density at radius 3 is 2.43 bits per heavy atom. The zero-order chi connectivity index (χ0) is 15.7. The number of methoxy groups -OCH3 is 1. The molecular weight excluding hydrogens is 274 g/mol. The highest BCUT2D eigenvalue weighted by Gasteiger charge is 2.21. The van der Waals surface area contributed by atoms with E-state index in [4.69, 9.17) is 5.11 Å². The molecule has 1 atom stereocenters. The van der Waals surface area contributed by atoms with Crippen LogP contribution >= 0.6 is 0 Å². The van der Waals surface area contributed by atoms with Crippen molar-refractivity contribution in [2.75, 3.05) is 7.11 Å². The largest absolute Gasteiger partial charge is 0.481 e. The van der Waals surface area contributed by atoms with Crippen LogP contribution in [0.4, 0.5) is 0 Å². The molecule has 6 heteroatoms. The minimum atomic E-state index is -0.948. The predicted octanol–water partition coefficient (Wildman–Crippen LogP) is 1.14. The van der Waals surface area contributed by atoms with Gasteiger partial charge in [-0.25, -0.2) is 4.79 Å². The Labute approximate surface area is 123 Å². The van der Waals surface area contributed by atoms with E-state index >= 15 is 0 Å². The third-order valence-electron chi connectivity index (χ3n) is 2.90. The molecule has 0 fully saturated rings. The summed E-state index contributed by atoms with van der Waals surface area (Å²) < 4.78 is 4.68. The lowest BCUT2D eigenvalue weighted by Gasteiger charge is -2.16. The Morgan fingerprint density at radius 1 is 1.19 bits per heavy atom. The number of carbonyl (C=O) groups is 3. The Balaban J connectivity index is 2.56. The second-order valence-corrected chi connectivity index (χ2v) is 4.58. The maximum Gasteiger partial charge on any atom is 0.328 e. The van der Waals surface area contributed by atoms with Gasteiger partial charge in [0.05, 0.1) is 7.11 Å². The molecule has 0 saturated heterocycles. The summed E-state index contributed by atoms with van der Waals surface area (Å²) in [5, 5.41) is 11.1. The topological polar surface area (TPSA) is 92.7 Å². The first kappa shape index (κ1) is 16.7. The van der Waals surface area contributed by atoms with Gasteiger partial charge < -0.3 is 15.2 Å². The zero-order valence-corrected chi connectivity index (χ0v) is 11.9. The molecule has 0 radical (unpaired) electrons. The van der Waals surface area contributed by atoms with Crippen molar-refractivity contribution in [3.63, 3.8) is 0 Å². The van der Waals surface area contributed by atoms with Crippen molar-refractivity contribution in [2.45, 2.75) is 31.7 Å². The molecular formula is C15H19NO5. The first-order chi connectivity index (χ1) is 10.0. The van der Waals surface area contributed by atoms with E-state index in [1.54, 1.807) is 0 Å². The van der Waals surface area contributed by atoms with Crippen molar-refractivity contribution in [1.29, 1.82) is 0 Å². The van der Waals surface area contributed by atoms with Gasteiger partial charge in [-0.1, -0.05) is 30.3 Å². The monoisotopic (exact) mass is 293 g/mol. The van der Waals surface area contributed by atoms with Crippen LogP contribution in [0.5, 0.6) is 0 Å².